The van der Waals surface area contributed by atoms with E-state index in [-0.39, 0.29) is 23.6 Å². The predicted molar refractivity (Wildman–Crippen MR) is 82.9 cm³/mol. The third kappa shape index (κ3) is 2.84. The van der Waals surface area contributed by atoms with Gasteiger partial charge in [0, 0.05) is 31.9 Å². The lowest BCUT2D eigenvalue weighted by Gasteiger charge is -2.11. The second kappa shape index (κ2) is 5.99. The van der Waals surface area contributed by atoms with E-state index in [0.717, 1.165) is 12.1 Å². The Morgan fingerprint density at radius 3 is 2.50 bits per heavy atom. The van der Waals surface area contributed by atoms with Gasteiger partial charge >= 0.3 is 0 Å². The normalized spacial score (nSPS) is 11.0. The molecule has 1 aromatic carbocycles. The molecule has 3 rings (SSSR count). The Balaban J connectivity index is 2.24. The minimum Gasteiger partial charge on any atom is -0.348 e. The van der Waals surface area contributed by atoms with Gasteiger partial charge in [-0.15, -0.1) is 0 Å². The van der Waals surface area contributed by atoms with E-state index < -0.39 is 17.5 Å². The second-order valence-corrected chi connectivity index (χ2v) is 5.57. The maximum Gasteiger partial charge on any atom is 0.228 e. The Hall–Kier alpha value is -2.83. The molecule has 7 heteroatoms. The highest BCUT2D eigenvalue weighted by Crippen LogP contribution is 2.28. The molecule has 0 aliphatic rings. The molecule has 2 heterocycles. The average Bonchev–Trinajstić information content (AvgIpc) is 2.85. The lowest BCUT2D eigenvalue weighted by atomic mass is 10.1. The van der Waals surface area contributed by atoms with Gasteiger partial charge in [0.25, 0.3) is 0 Å². The zero-order valence-corrected chi connectivity index (χ0v) is 13.1. The number of fused-ring (bicyclic) bond motifs is 1. The molecule has 0 unspecified atom stereocenters. The van der Waals surface area contributed by atoms with E-state index in [9.17, 15) is 18.0 Å². The Bertz CT molecular complexity index is 934. The van der Waals surface area contributed by atoms with Crippen molar-refractivity contribution in [2.75, 3.05) is 14.1 Å². The fourth-order valence-corrected chi connectivity index (χ4v) is 2.43. The van der Waals surface area contributed by atoms with E-state index >= 15 is 0 Å². The summed E-state index contributed by atoms with van der Waals surface area (Å²) in [4.78, 5) is 17.8. The quantitative estimate of drug-likeness (QED) is 0.739. The zero-order valence-electron chi connectivity index (χ0n) is 13.1. The van der Waals surface area contributed by atoms with Crippen molar-refractivity contribution in [1.82, 2.24) is 14.3 Å². The molecule has 0 bridgehead atoms. The van der Waals surface area contributed by atoms with Crippen molar-refractivity contribution in [3.63, 3.8) is 0 Å². The van der Waals surface area contributed by atoms with Crippen LogP contribution in [-0.2, 0) is 11.2 Å². The molecular formula is C17H14F3N3O. The first-order valence-electron chi connectivity index (χ1n) is 7.19. The van der Waals surface area contributed by atoms with Gasteiger partial charge in [0.05, 0.1) is 17.8 Å². The molecule has 0 aliphatic carbocycles. The molecule has 0 N–H and O–H groups in total. The summed E-state index contributed by atoms with van der Waals surface area (Å²) in [5.74, 6) is -2.26. The fourth-order valence-electron chi connectivity index (χ4n) is 2.43. The molecule has 0 atom stereocenters. The van der Waals surface area contributed by atoms with Crippen molar-refractivity contribution in [2.24, 2.45) is 0 Å². The summed E-state index contributed by atoms with van der Waals surface area (Å²) < 4.78 is 42.3. The summed E-state index contributed by atoms with van der Waals surface area (Å²) in [7, 11) is 3.18. The summed E-state index contributed by atoms with van der Waals surface area (Å²) in [6.45, 7) is 0. The maximum absolute atomic E-state index is 14.2. The number of carbonyl (C=O) groups is 1. The molecule has 0 radical (unpaired) electrons. The van der Waals surface area contributed by atoms with Gasteiger partial charge in [0.1, 0.15) is 23.1 Å². The van der Waals surface area contributed by atoms with Gasteiger partial charge in [0.2, 0.25) is 5.91 Å². The molecule has 3 aromatic rings. The van der Waals surface area contributed by atoms with Crippen molar-refractivity contribution < 1.29 is 18.0 Å². The lowest BCUT2D eigenvalue weighted by molar-refractivity contribution is -0.128. The van der Waals surface area contributed by atoms with Crippen molar-refractivity contribution in [3.05, 3.63) is 59.7 Å². The van der Waals surface area contributed by atoms with Crippen molar-refractivity contribution in [2.45, 2.75) is 6.42 Å². The third-order valence-corrected chi connectivity index (χ3v) is 3.69. The van der Waals surface area contributed by atoms with Crippen LogP contribution in [0.4, 0.5) is 13.2 Å². The molecule has 4 nitrogen and oxygen atoms in total. The molecule has 24 heavy (non-hydrogen) atoms. The number of amides is 1. The van der Waals surface area contributed by atoms with Crippen LogP contribution in [0.25, 0.3) is 16.9 Å². The monoisotopic (exact) mass is 333 g/mol. The smallest absolute Gasteiger partial charge is 0.228 e. The van der Waals surface area contributed by atoms with Crippen LogP contribution in [0.5, 0.6) is 0 Å². The van der Waals surface area contributed by atoms with Crippen LogP contribution < -0.4 is 0 Å². The van der Waals surface area contributed by atoms with Crippen molar-refractivity contribution in [1.29, 1.82) is 0 Å². The minimum absolute atomic E-state index is 0.0575. The van der Waals surface area contributed by atoms with Crippen molar-refractivity contribution >= 4 is 11.6 Å². The largest absolute Gasteiger partial charge is 0.348 e. The molecule has 2 aromatic heterocycles. The summed E-state index contributed by atoms with van der Waals surface area (Å²) in [6, 6.07) is 5.78. The Morgan fingerprint density at radius 2 is 1.83 bits per heavy atom. The third-order valence-electron chi connectivity index (χ3n) is 3.69. The molecule has 1 amide bonds. The van der Waals surface area contributed by atoms with Crippen LogP contribution in [0.2, 0.25) is 0 Å². The molecule has 0 saturated heterocycles. The number of pyridine rings is 1. The number of hydrogen-bond acceptors (Lipinski definition) is 2. The molecule has 124 valence electrons. The first kappa shape index (κ1) is 16.0. The van der Waals surface area contributed by atoms with Crippen molar-refractivity contribution in [3.8, 4) is 11.3 Å². The first-order chi connectivity index (χ1) is 11.4. The standard InChI is InChI=1S/C17H14F3N3O/c1-22(2)16(24)8-14-17(12-5-3-10(18)7-13(12)20)21-15-6-4-11(19)9-23(14)15/h3-7,9H,8H2,1-2H3. The topological polar surface area (TPSA) is 37.6 Å². The maximum atomic E-state index is 14.2. The SMILES string of the molecule is CN(C)C(=O)Cc1c(-c2ccc(F)cc2F)nc2ccc(F)cn12. The number of carbonyl (C=O) groups excluding carboxylic acids is 1. The first-order valence-corrected chi connectivity index (χ1v) is 7.19. The van der Waals surface area contributed by atoms with Crippen LogP contribution in [0.15, 0.2) is 36.5 Å². The summed E-state index contributed by atoms with van der Waals surface area (Å²) in [5, 5.41) is 0. The van der Waals surface area contributed by atoms with E-state index in [2.05, 4.69) is 4.98 Å². The van der Waals surface area contributed by atoms with E-state index in [1.165, 1.54) is 33.7 Å². The number of aromatic nitrogens is 2. The number of nitrogens with zero attached hydrogens (tertiary/aromatic N) is 3. The molecule has 0 spiro atoms. The van der Waals surface area contributed by atoms with E-state index in [1.807, 2.05) is 0 Å². The summed E-state index contributed by atoms with van der Waals surface area (Å²) >= 11 is 0. The van der Waals surface area contributed by atoms with E-state index in [4.69, 9.17) is 0 Å². The van der Waals surface area contributed by atoms with Crippen LogP contribution in [-0.4, -0.2) is 34.3 Å². The highest BCUT2D eigenvalue weighted by Gasteiger charge is 2.20. The van der Waals surface area contributed by atoms with Crippen LogP contribution in [0, 0.1) is 17.5 Å². The molecular weight excluding hydrogens is 319 g/mol. The minimum atomic E-state index is -0.794. The molecule has 0 aliphatic heterocycles. The van der Waals surface area contributed by atoms with Gasteiger partial charge in [0.15, 0.2) is 0 Å². The Kier molecular flexibility index (Phi) is 4.01. The van der Waals surface area contributed by atoms with E-state index in [0.29, 0.717) is 11.3 Å². The van der Waals surface area contributed by atoms with Gasteiger partial charge in [-0.2, -0.15) is 0 Å². The van der Waals surface area contributed by atoms with Gasteiger partial charge in [-0.25, -0.2) is 18.2 Å². The average molecular weight is 333 g/mol. The molecule has 0 fully saturated rings. The van der Waals surface area contributed by atoms with Crippen LogP contribution >= 0.6 is 0 Å². The predicted octanol–water partition coefficient (Wildman–Crippen LogP) is 3.05. The zero-order chi connectivity index (χ0) is 17.4. The highest BCUT2D eigenvalue weighted by molar-refractivity contribution is 5.81. The molecule has 0 saturated carbocycles. The second-order valence-electron chi connectivity index (χ2n) is 5.57. The van der Waals surface area contributed by atoms with Gasteiger partial charge in [-0.05, 0) is 24.3 Å². The number of halogens is 3. The van der Waals surface area contributed by atoms with Gasteiger partial charge < -0.3 is 4.90 Å². The number of imidazole rings is 1. The number of likely N-dealkylation sites (N-methyl/N-ethyl adjacent to an activating group) is 1. The summed E-state index contributed by atoms with van der Waals surface area (Å²) in [5.41, 5.74) is 0.959. The highest BCUT2D eigenvalue weighted by atomic mass is 19.1. The van der Waals surface area contributed by atoms with Crippen LogP contribution in [0.3, 0.4) is 0 Å². The van der Waals surface area contributed by atoms with Crippen LogP contribution in [0.1, 0.15) is 5.69 Å². The Morgan fingerprint density at radius 1 is 1.12 bits per heavy atom. The summed E-state index contributed by atoms with van der Waals surface area (Å²) in [6.07, 6.45) is 1.09. The van der Waals surface area contributed by atoms with Gasteiger partial charge in [-0.3, -0.25) is 9.20 Å². The number of benzene rings is 1. The number of hydrogen-bond donors (Lipinski definition) is 0. The van der Waals surface area contributed by atoms with E-state index in [1.54, 1.807) is 14.1 Å². The lowest BCUT2D eigenvalue weighted by Crippen LogP contribution is -2.24. The fraction of sp³-hybridized carbons (Fsp3) is 0.176. The number of rotatable bonds is 3. The van der Waals surface area contributed by atoms with Gasteiger partial charge in [-0.1, -0.05) is 0 Å². The Labute approximate surface area is 136 Å².